The maximum atomic E-state index is 4.49. The van der Waals surface area contributed by atoms with Gasteiger partial charge in [0.25, 0.3) is 0 Å². The summed E-state index contributed by atoms with van der Waals surface area (Å²) in [5.41, 5.74) is 2.49. The number of nitrogens with zero attached hydrogens (tertiary/aromatic N) is 1. The summed E-state index contributed by atoms with van der Waals surface area (Å²) in [7, 11) is 1.87. The van der Waals surface area contributed by atoms with E-state index in [1.807, 2.05) is 31.3 Å². The average Bonchev–Trinajstić information content (AvgIpc) is 2.38. The molecule has 19 heavy (non-hydrogen) atoms. The first-order chi connectivity index (χ1) is 9.00. The fourth-order valence-corrected chi connectivity index (χ4v) is 2.03. The van der Waals surface area contributed by atoms with Gasteiger partial charge in [-0.3, -0.25) is 0 Å². The van der Waals surface area contributed by atoms with Gasteiger partial charge in [0.1, 0.15) is 11.6 Å². The molecular weight excluding hydrogens is 234 g/mol. The topological polar surface area (TPSA) is 37.0 Å². The van der Waals surface area contributed by atoms with Crippen molar-refractivity contribution in [2.75, 3.05) is 17.7 Å². The fourth-order valence-electron chi connectivity index (χ4n) is 2.03. The molecular formula is C16H21N3. The van der Waals surface area contributed by atoms with Gasteiger partial charge < -0.3 is 10.6 Å². The first-order valence-electron chi connectivity index (χ1n) is 6.52. The van der Waals surface area contributed by atoms with Crippen molar-refractivity contribution in [1.29, 1.82) is 0 Å². The van der Waals surface area contributed by atoms with Gasteiger partial charge in [0.15, 0.2) is 0 Å². The van der Waals surface area contributed by atoms with Crippen LogP contribution in [0.1, 0.15) is 26.3 Å². The maximum absolute atomic E-state index is 4.49. The van der Waals surface area contributed by atoms with E-state index in [0.717, 1.165) is 17.3 Å². The summed E-state index contributed by atoms with van der Waals surface area (Å²) in [5.74, 6) is 1.71. The van der Waals surface area contributed by atoms with Crippen LogP contribution in [0.2, 0.25) is 0 Å². The number of benzene rings is 1. The van der Waals surface area contributed by atoms with Crippen LogP contribution in [0.3, 0.4) is 0 Å². The van der Waals surface area contributed by atoms with Crippen molar-refractivity contribution < 1.29 is 0 Å². The van der Waals surface area contributed by atoms with Gasteiger partial charge in [-0.05, 0) is 29.2 Å². The van der Waals surface area contributed by atoms with E-state index in [0.29, 0.717) is 0 Å². The second-order valence-electron chi connectivity index (χ2n) is 5.58. The minimum Gasteiger partial charge on any atom is -0.373 e. The molecule has 2 rings (SSSR count). The first kappa shape index (κ1) is 13.4. The lowest BCUT2D eigenvalue weighted by atomic mass is 9.86. The second kappa shape index (κ2) is 5.31. The monoisotopic (exact) mass is 255 g/mol. The maximum Gasteiger partial charge on any atom is 0.132 e. The van der Waals surface area contributed by atoms with Crippen LogP contribution < -0.4 is 10.6 Å². The zero-order valence-electron chi connectivity index (χ0n) is 12.0. The molecule has 100 valence electrons. The van der Waals surface area contributed by atoms with E-state index in [-0.39, 0.29) is 5.41 Å². The van der Waals surface area contributed by atoms with Crippen LogP contribution in [0.25, 0.3) is 0 Å². The van der Waals surface area contributed by atoms with Crippen molar-refractivity contribution in [3.05, 3.63) is 48.0 Å². The van der Waals surface area contributed by atoms with Crippen molar-refractivity contribution in [3.63, 3.8) is 0 Å². The second-order valence-corrected chi connectivity index (χ2v) is 5.58. The number of para-hydroxylation sites is 1. The molecule has 1 aromatic heterocycles. The Kier molecular flexibility index (Phi) is 3.74. The third-order valence-corrected chi connectivity index (χ3v) is 3.00. The van der Waals surface area contributed by atoms with Crippen LogP contribution >= 0.6 is 0 Å². The molecule has 0 radical (unpaired) electrons. The Balaban J connectivity index is 2.33. The molecule has 0 amide bonds. The Bertz CT molecular complexity index is 556. The largest absolute Gasteiger partial charge is 0.373 e. The van der Waals surface area contributed by atoms with Gasteiger partial charge >= 0.3 is 0 Å². The van der Waals surface area contributed by atoms with Crippen LogP contribution in [-0.4, -0.2) is 12.0 Å². The quantitative estimate of drug-likeness (QED) is 0.864. The Morgan fingerprint density at radius 1 is 0.895 bits per heavy atom. The number of hydrogen-bond donors (Lipinski definition) is 2. The van der Waals surface area contributed by atoms with Crippen LogP contribution in [0, 0.1) is 0 Å². The van der Waals surface area contributed by atoms with Gasteiger partial charge in [-0.25, -0.2) is 4.98 Å². The van der Waals surface area contributed by atoms with Gasteiger partial charge in [0, 0.05) is 12.7 Å². The van der Waals surface area contributed by atoms with E-state index >= 15 is 0 Å². The minimum absolute atomic E-state index is 0.101. The van der Waals surface area contributed by atoms with Crippen LogP contribution in [-0.2, 0) is 5.41 Å². The van der Waals surface area contributed by atoms with Crippen LogP contribution in [0.4, 0.5) is 17.3 Å². The molecule has 0 aliphatic carbocycles. The van der Waals surface area contributed by atoms with E-state index < -0.39 is 0 Å². The Labute approximate surface area is 115 Å². The highest BCUT2D eigenvalue weighted by molar-refractivity contribution is 5.63. The molecule has 3 heteroatoms. The zero-order chi connectivity index (χ0) is 13.9. The van der Waals surface area contributed by atoms with Gasteiger partial charge in [-0.15, -0.1) is 0 Å². The fraction of sp³-hybridized carbons (Fsp3) is 0.312. The molecule has 2 aromatic rings. The molecule has 0 aliphatic heterocycles. The number of hydrogen-bond acceptors (Lipinski definition) is 3. The molecule has 2 N–H and O–H groups in total. The molecule has 0 saturated carbocycles. The molecule has 0 saturated heterocycles. The highest BCUT2D eigenvalue weighted by atomic mass is 15.1. The molecule has 0 bridgehead atoms. The standard InChI is InChI=1S/C16H21N3/c1-16(2,3)12-8-5-6-9-13(12)18-15-11-7-10-14(17-4)19-15/h5-11H,1-4H3,(H2,17,18,19). The first-order valence-corrected chi connectivity index (χ1v) is 6.52. The average molecular weight is 255 g/mol. The third kappa shape index (κ3) is 3.25. The lowest BCUT2D eigenvalue weighted by Crippen LogP contribution is -2.13. The summed E-state index contributed by atoms with van der Waals surface area (Å²) in [4.78, 5) is 4.49. The molecule has 3 nitrogen and oxygen atoms in total. The van der Waals surface area contributed by atoms with Crippen LogP contribution in [0.15, 0.2) is 42.5 Å². The molecule has 1 aromatic carbocycles. The summed E-state index contributed by atoms with van der Waals surface area (Å²) in [6.45, 7) is 6.64. The Morgan fingerprint density at radius 3 is 2.26 bits per heavy atom. The molecule has 0 fully saturated rings. The number of pyridine rings is 1. The normalized spacial score (nSPS) is 11.2. The third-order valence-electron chi connectivity index (χ3n) is 3.00. The van der Waals surface area contributed by atoms with Gasteiger partial charge in [0.2, 0.25) is 0 Å². The number of rotatable bonds is 3. The van der Waals surface area contributed by atoms with E-state index in [1.54, 1.807) is 0 Å². The molecule has 0 spiro atoms. The van der Waals surface area contributed by atoms with Gasteiger partial charge in [-0.2, -0.15) is 0 Å². The molecule has 0 aliphatic rings. The van der Waals surface area contributed by atoms with Crippen molar-refractivity contribution in [3.8, 4) is 0 Å². The number of anilines is 3. The van der Waals surface area contributed by atoms with Crippen LogP contribution in [0.5, 0.6) is 0 Å². The van der Waals surface area contributed by atoms with Gasteiger partial charge in [-0.1, -0.05) is 45.0 Å². The number of nitrogens with one attached hydrogen (secondary N) is 2. The van der Waals surface area contributed by atoms with Crippen molar-refractivity contribution in [2.45, 2.75) is 26.2 Å². The zero-order valence-corrected chi connectivity index (χ0v) is 12.0. The summed E-state index contributed by atoms with van der Waals surface area (Å²) < 4.78 is 0. The summed E-state index contributed by atoms with van der Waals surface area (Å²) in [6.07, 6.45) is 0. The summed E-state index contributed by atoms with van der Waals surface area (Å²) in [6, 6.07) is 14.3. The van der Waals surface area contributed by atoms with E-state index in [1.165, 1.54) is 5.56 Å². The van der Waals surface area contributed by atoms with Crippen molar-refractivity contribution in [2.24, 2.45) is 0 Å². The van der Waals surface area contributed by atoms with E-state index in [4.69, 9.17) is 0 Å². The molecule has 1 heterocycles. The summed E-state index contributed by atoms with van der Waals surface area (Å²) in [5, 5.41) is 6.45. The SMILES string of the molecule is CNc1cccc(Nc2ccccc2C(C)(C)C)n1. The summed E-state index contributed by atoms with van der Waals surface area (Å²) >= 11 is 0. The van der Waals surface area contributed by atoms with Crippen molar-refractivity contribution >= 4 is 17.3 Å². The Morgan fingerprint density at radius 2 is 1.58 bits per heavy atom. The number of aromatic nitrogens is 1. The lowest BCUT2D eigenvalue weighted by Gasteiger charge is -2.23. The minimum atomic E-state index is 0.101. The lowest BCUT2D eigenvalue weighted by molar-refractivity contribution is 0.592. The van der Waals surface area contributed by atoms with E-state index in [2.05, 4.69) is 54.6 Å². The van der Waals surface area contributed by atoms with Crippen molar-refractivity contribution in [1.82, 2.24) is 4.98 Å². The Hall–Kier alpha value is -2.03. The van der Waals surface area contributed by atoms with Gasteiger partial charge in [0.05, 0.1) is 0 Å². The molecule has 0 unspecified atom stereocenters. The highest BCUT2D eigenvalue weighted by Gasteiger charge is 2.17. The predicted molar refractivity (Wildman–Crippen MR) is 82.2 cm³/mol. The smallest absolute Gasteiger partial charge is 0.132 e. The predicted octanol–water partition coefficient (Wildman–Crippen LogP) is 4.16. The van der Waals surface area contributed by atoms with E-state index in [9.17, 15) is 0 Å². The highest BCUT2D eigenvalue weighted by Crippen LogP contribution is 2.30. The molecule has 0 atom stereocenters.